The van der Waals surface area contributed by atoms with E-state index in [1.54, 1.807) is 16.4 Å². The fraction of sp³-hybridized carbons (Fsp3) is 0.586. The zero-order valence-electron chi connectivity index (χ0n) is 23.7. The lowest BCUT2D eigenvalue weighted by Gasteiger charge is -2.39. The van der Waals surface area contributed by atoms with Gasteiger partial charge in [0, 0.05) is 42.2 Å². The van der Waals surface area contributed by atoms with Crippen LogP contribution in [0, 0.1) is 10.8 Å². The highest BCUT2D eigenvalue weighted by Gasteiger charge is 2.53. The zero-order chi connectivity index (χ0) is 28.3. The lowest BCUT2D eigenvalue weighted by atomic mass is 9.65. The number of hydrogen-bond acceptors (Lipinski definition) is 7. The summed E-state index contributed by atoms with van der Waals surface area (Å²) in [6.07, 6.45) is 3.46. The van der Waals surface area contributed by atoms with Crippen LogP contribution in [0.3, 0.4) is 0 Å². The van der Waals surface area contributed by atoms with Crippen molar-refractivity contribution in [3.8, 4) is 0 Å². The summed E-state index contributed by atoms with van der Waals surface area (Å²) < 4.78 is 33.9. The summed E-state index contributed by atoms with van der Waals surface area (Å²) >= 11 is 1.41. The molecule has 39 heavy (non-hydrogen) atoms. The molecule has 1 saturated carbocycles. The summed E-state index contributed by atoms with van der Waals surface area (Å²) in [4.78, 5) is 29.5. The van der Waals surface area contributed by atoms with Crippen LogP contribution < -0.4 is 5.32 Å². The minimum atomic E-state index is -3.68. The minimum absolute atomic E-state index is 0.0000470. The number of benzene rings is 1. The largest absolute Gasteiger partial charge is 0.465 e. The molecule has 1 aliphatic carbocycles. The van der Waals surface area contributed by atoms with Gasteiger partial charge in [-0.3, -0.25) is 9.69 Å². The van der Waals surface area contributed by atoms with E-state index in [4.69, 9.17) is 4.74 Å². The van der Waals surface area contributed by atoms with Crippen molar-refractivity contribution in [2.24, 2.45) is 10.8 Å². The molecule has 2 bridgehead atoms. The number of fused-ring (bicyclic) bond motifs is 3. The molecule has 1 N–H and O–H groups in total. The lowest BCUT2D eigenvalue weighted by molar-refractivity contribution is 0.0600. The van der Waals surface area contributed by atoms with Gasteiger partial charge < -0.3 is 10.1 Å². The smallest absolute Gasteiger partial charge is 0.341 e. The molecular weight excluding hydrogens is 534 g/mol. The molecule has 3 aliphatic rings. The quantitative estimate of drug-likeness (QED) is 0.481. The van der Waals surface area contributed by atoms with Gasteiger partial charge in [0.05, 0.1) is 17.6 Å². The van der Waals surface area contributed by atoms with E-state index in [-0.39, 0.29) is 21.8 Å². The van der Waals surface area contributed by atoms with Crippen molar-refractivity contribution in [2.45, 2.75) is 83.8 Å². The summed E-state index contributed by atoms with van der Waals surface area (Å²) in [7, 11) is -2.34. The fourth-order valence-electron chi connectivity index (χ4n) is 7.05. The highest BCUT2D eigenvalue weighted by molar-refractivity contribution is 7.89. The molecule has 2 aromatic rings. The van der Waals surface area contributed by atoms with Crippen LogP contribution in [0.5, 0.6) is 0 Å². The summed E-state index contributed by atoms with van der Waals surface area (Å²) in [5.41, 5.74) is 1.79. The Hall–Kier alpha value is -2.27. The highest BCUT2D eigenvalue weighted by atomic mass is 32.2. The molecule has 2 atom stereocenters. The second-order valence-corrected chi connectivity index (χ2v) is 15.8. The van der Waals surface area contributed by atoms with Gasteiger partial charge in [-0.05, 0) is 80.2 Å². The molecule has 0 spiro atoms. The molecule has 2 fully saturated rings. The van der Waals surface area contributed by atoms with Crippen LogP contribution in [0.15, 0.2) is 29.2 Å². The third-order valence-corrected chi connectivity index (χ3v) is 11.6. The highest BCUT2D eigenvalue weighted by Crippen LogP contribution is 2.53. The molecule has 1 amide bonds. The van der Waals surface area contributed by atoms with E-state index in [0.29, 0.717) is 35.1 Å². The second-order valence-electron chi connectivity index (χ2n) is 12.8. The minimum Gasteiger partial charge on any atom is -0.465 e. The van der Waals surface area contributed by atoms with Crippen molar-refractivity contribution < 1.29 is 22.7 Å². The number of hydrogen-bond donors (Lipinski definition) is 1. The first-order valence-corrected chi connectivity index (χ1v) is 15.9. The molecule has 10 heteroatoms. The van der Waals surface area contributed by atoms with E-state index in [2.05, 4.69) is 44.8 Å². The van der Waals surface area contributed by atoms with Crippen molar-refractivity contribution in [2.75, 3.05) is 25.5 Å². The number of rotatable bonds is 6. The van der Waals surface area contributed by atoms with Crippen molar-refractivity contribution in [1.29, 1.82) is 0 Å². The Morgan fingerprint density at radius 1 is 1.13 bits per heavy atom. The number of sulfonamides is 1. The van der Waals surface area contributed by atoms with Gasteiger partial charge in [-0.15, -0.1) is 11.3 Å². The van der Waals surface area contributed by atoms with E-state index in [1.165, 1.54) is 30.6 Å². The number of amides is 1. The Bertz CT molecular complexity index is 1400. The predicted octanol–water partition coefficient (Wildman–Crippen LogP) is 5.14. The van der Waals surface area contributed by atoms with Gasteiger partial charge in [0.25, 0.3) is 5.91 Å². The fourth-order valence-corrected chi connectivity index (χ4v) is 10.1. The number of nitrogens with zero attached hydrogens (tertiary/aromatic N) is 2. The lowest BCUT2D eigenvalue weighted by Crippen LogP contribution is -2.37. The molecule has 1 aromatic carbocycles. The van der Waals surface area contributed by atoms with Crippen LogP contribution in [-0.4, -0.2) is 61.8 Å². The molecule has 1 saturated heterocycles. The maximum absolute atomic E-state index is 13.6. The van der Waals surface area contributed by atoms with Crippen LogP contribution in [0.4, 0.5) is 5.00 Å². The maximum atomic E-state index is 13.6. The van der Waals surface area contributed by atoms with E-state index in [0.717, 1.165) is 42.8 Å². The number of nitrogens with one attached hydrogen (secondary N) is 1. The summed E-state index contributed by atoms with van der Waals surface area (Å²) in [5, 5.41) is 3.37. The number of esters is 1. The van der Waals surface area contributed by atoms with Gasteiger partial charge in [0.1, 0.15) is 5.00 Å². The zero-order valence-corrected chi connectivity index (χ0v) is 25.3. The average Bonchev–Trinajstić information content (AvgIpc) is 3.35. The number of methoxy groups -OCH3 is 1. The van der Waals surface area contributed by atoms with Gasteiger partial charge in [0.2, 0.25) is 10.0 Å². The van der Waals surface area contributed by atoms with E-state index in [9.17, 15) is 18.0 Å². The summed E-state index contributed by atoms with van der Waals surface area (Å²) in [6, 6.07) is 6.50. The van der Waals surface area contributed by atoms with Crippen LogP contribution >= 0.6 is 11.3 Å². The molecule has 1 aromatic heterocycles. The second kappa shape index (κ2) is 9.98. The first-order valence-electron chi connectivity index (χ1n) is 13.6. The third-order valence-electron chi connectivity index (χ3n) is 8.52. The Labute approximate surface area is 235 Å². The van der Waals surface area contributed by atoms with Crippen molar-refractivity contribution >= 4 is 38.2 Å². The van der Waals surface area contributed by atoms with Gasteiger partial charge >= 0.3 is 5.97 Å². The Kier molecular flexibility index (Phi) is 7.23. The number of ether oxygens (including phenoxy) is 1. The Morgan fingerprint density at radius 2 is 1.82 bits per heavy atom. The first-order chi connectivity index (χ1) is 18.2. The van der Waals surface area contributed by atoms with Crippen molar-refractivity contribution in [3.05, 3.63) is 45.8 Å². The first kappa shape index (κ1) is 28.3. The Morgan fingerprint density at radius 3 is 2.46 bits per heavy atom. The predicted molar refractivity (Wildman–Crippen MR) is 153 cm³/mol. The normalized spacial score (nSPS) is 24.9. The van der Waals surface area contributed by atoms with Gasteiger partial charge in [-0.2, -0.15) is 4.31 Å². The van der Waals surface area contributed by atoms with E-state index < -0.39 is 21.9 Å². The molecule has 212 valence electrons. The van der Waals surface area contributed by atoms with Crippen LogP contribution in [-0.2, 0) is 27.7 Å². The molecule has 5 rings (SSSR count). The molecule has 8 nitrogen and oxygen atoms in total. The average molecular weight is 574 g/mol. The molecule has 0 radical (unpaired) electrons. The number of anilines is 1. The monoisotopic (exact) mass is 573 g/mol. The molecule has 2 unspecified atom stereocenters. The maximum Gasteiger partial charge on any atom is 0.341 e. The van der Waals surface area contributed by atoms with Gasteiger partial charge in [-0.25, -0.2) is 13.2 Å². The third kappa shape index (κ3) is 5.28. The summed E-state index contributed by atoms with van der Waals surface area (Å²) in [5.74, 6) is -0.857. The van der Waals surface area contributed by atoms with Crippen LogP contribution in [0.25, 0.3) is 0 Å². The molecule has 3 heterocycles. The number of carbonyl (C=O) groups excluding carboxylic acids is 2. The van der Waals surface area contributed by atoms with Gasteiger partial charge in [-0.1, -0.05) is 20.8 Å². The van der Waals surface area contributed by atoms with Crippen LogP contribution in [0.1, 0.15) is 85.0 Å². The number of carbonyl (C=O) groups is 2. The molecule has 2 aliphatic heterocycles. The number of thiophene rings is 1. The standard InChI is InChI=1S/C29H39N3O5S2/c1-18(2)31-12-11-22-23(15-31)38-26(24(22)27(34)37-6)30-25(33)19-7-9-21(10-8-19)39(35,36)32-17-29(5)14-20(32)13-28(3,4)16-29/h7-10,18,20H,11-17H2,1-6H3,(H,30,33). The van der Waals surface area contributed by atoms with Crippen molar-refractivity contribution in [3.63, 3.8) is 0 Å². The van der Waals surface area contributed by atoms with E-state index >= 15 is 0 Å². The summed E-state index contributed by atoms with van der Waals surface area (Å²) in [6.45, 7) is 13.0. The van der Waals surface area contributed by atoms with E-state index in [1.807, 2.05) is 0 Å². The Balaban J connectivity index is 1.36. The van der Waals surface area contributed by atoms with Crippen molar-refractivity contribution in [1.82, 2.24) is 9.21 Å². The SMILES string of the molecule is COC(=O)c1c(NC(=O)c2ccc(S(=O)(=O)N3CC4(C)CC3CC(C)(C)C4)cc2)sc2c1CCN(C(C)C)C2. The van der Waals surface area contributed by atoms with Crippen LogP contribution in [0.2, 0.25) is 0 Å². The topological polar surface area (TPSA) is 96.0 Å². The van der Waals surface area contributed by atoms with Gasteiger partial charge in [0.15, 0.2) is 0 Å². The molecular formula is C29H39N3O5S2.